The number of aromatic amines is 2. The average molecular weight is 416 g/mol. The van der Waals surface area contributed by atoms with Crippen LogP contribution < -0.4 is 15.6 Å². The number of hydrogen-bond donors (Lipinski definition) is 3. The van der Waals surface area contributed by atoms with Gasteiger partial charge < -0.3 is 20.0 Å². The molecule has 4 rings (SSSR count). The largest absolute Gasteiger partial charge is 0.496 e. The molecule has 0 aliphatic heterocycles. The van der Waals surface area contributed by atoms with Crippen molar-refractivity contribution >= 4 is 16.8 Å². The van der Waals surface area contributed by atoms with Crippen LogP contribution >= 0.6 is 0 Å². The van der Waals surface area contributed by atoms with Gasteiger partial charge in [-0.1, -0.05) is 30.3 Å². The van der Waals surface area contributed by atoms with Gasteiger partial charge in [0.15, 0.2) is 0 Å². The van der Waals surface area contributed by atoms with Crippen LogP contribution in [0.3, 0.4) is 0 Å². The lowest BCUT2D eigenvalue weighted by atomic mass is 10.0. The molecule has 1 unspecified atom stereocenters. The minimum atomic E-state index is -0.502. The van der Waals surface area contributed by atoms with Gasteiger partial charge in [-0.25, -0.2) is 4.98 Å². The van der Waals surface area contributed by atoms with Crippen LogP contribution in [0.25, 0.3) is 10.9 Å². The fourth-order valence-corrected chi connectivity index (χ4v) is 3.87. The molecule has 0 bridgehead atoms. The van der Waals surface area contributed by atoms with Crippen LogP contribution in [0, 0.1) is 13.8 Å². The number of carbonyl (C=O) groups excluding carboxylic acids is 1. The highest BCUT2D eigenvalue weighted by atomic mass is 16.5. The summed E-state index contributed by atoms with van der Waals surface area (Å²) in [7, 11) is 1.55. The summed E-state index contributed by atoms with van der Waals surface area (Å²) >= 11 is 0. The fourth-order valence-electron chi connectivity index (χ4n) is 3.87. The highest BCUT2D eigenvalue weighted by Crippen LogP contribution is 2.26. The van der Waals surface area contributed by atoms with E-state index in [2.05, 4.69) is 20.3 Å². The number of aromatic nitrogens is 3. The van der Waals surface area contributed by atoms with Gasteiger partial charge in [0.25, 0.3) is 11.5 Å². The second kappa shape index (κ2) is 8.47. The first-order valence-electron chi connectivity index (χ1n) is 10.0. The molecule has 3 N–H and O–H groups in total. The van der Waals surface area contributed by atoms with Crippen LogP contribution in [-0.4, -0.2) is 28.0 Å². The van der Waals surface area contributed by atoms with Crippen LogP contribution in [0.15, 0.2) is 59.5 Å². The van der Waals surface area contributed by atoms with Crippen LogP contribution in [0.1, 0.15) is 39.0 Å². The minimum Gasteiger partial charge on any atom is -0.496 e. The van der Waals surface area contributed by atoms with E-state index in [0.29, 0.717) is 29.3 Å². The zero-order valence-corrected chi connectivity index (χ0v) is 17.7. The first kappa shape index (κ1) is 20.4. The zero-order chi connectivity index (χ0) is 22.0. The summed E-state index contributed by atoms with van der Waals surface area (Å²) in [5.74, 6) is 0.736. The summed E-state index contributed by atoms with van der Waals surface area (Å²) in [5.41, 5.74) is 3.59. The predicted molar refractivity (Wildman–Crippen MR) is 120 cm³/mol. The number of nitrogens with zero attached hydrogens (tertiary/aromatic N) is 1. The summed E-state index contributed by atoms with van der Waals surface area (Å²) in [6, 6.07) is 14.3. The van der Waals surface area contributed by atoms with Gasteiger partial charge in [0.1, 0.15) is 11.6 Å². The number of methoxy groups -OCH3 is 1. The topological polar surface area (TPSA) is 99.9 Å². The van der Waals surface area contributed by atoms with Gasteiger partial charge in [-0.2, -0.15) is 0 Å². The quantitative estimate of drug-likeness (QED) is 0.447. The first-order chi connectivity index (χ1) is 15.0. The summed E-state index contributed by atoms with van der Waals surface area (Å²) in [4.78, 5) is 35.7. The minimum absolute atomic E-state index is 0.256. The lowest BCUT2D eigenvalue weighted by Gasteiger charge is -2.20. The number of nitrogens with one attached hydrogen (secondary N) is 3. The lowest BCUT2D eigenvalue weighted by Crippen LogP contribution is -2.32. The monoisotopic (exact) mass is 416 g/mol. The maximum absolute atomic E-state index is 13.2. The fraction of sp³-hybridized carbons (Fsp3) is 0.208. The Kier molecular flexibility index (Phi) is 5.58. The number of amides is 1. The molecule has 0 aliphatic rings. The number of para-hydroxylation sites is 2. The van der Waals surface area contributed by atoms with E-state index in [1.165, 1.54) is 6.07 Å². The molecule has 7 nitrogen and oxygen atoms in total. The van der Waals surface area contributed by atoms with Crippen LogP contribution in [-0.2, 0) is 6.42 Å². The van der Waals surface area contributed by atoms with E-state index < -0.39 is 6.04 Å². The standard InChI is InChI=1S/C24H24N4O3/c1-14-7-6-9-18(23(14)31-3)24(30)28-20(21-12-22(29)27-15(2)26-21)11-16-13-25-19-10-5-4-8-17(16)19/h4-10,12-13,20,25H,11H2,1-3H3,(H,28,30)(H,26,27,29). The number of H-pyrrole nitrogens is 2. The highest BCUT2D eigenvalue weighted by molar-refractivity contribution is 5.97. The summed E-state index contributed by atoms with van der Waals surface area (Å²) in [6.45, 7) is 3.61. The molecular formula is C24H24N4O3. The van der Waals surface area contributed by atoms with E-state index in [-0.39, 0.29) is 11.5 Å². The summed E-state index contributed by atoms with van der Waals surface area (Å²) in [5, 5.41) is 4.13. The van der Waals surface area contributed by atoms with Gasteiger partial charge in [0.2, 0.25) is 0 Å². The summed E-state index contributed by atoms with van der Waals surface area (Å²) in [6.07, 6.45) is 2.40. The Balaban J connectivity index is 1.73. The second-order valence-corrected chi connectivity index (χ2v) is 7.50. The molecular weight excluding hydrogens is 392 g/mol. The molecule has 4 aromatic rings. The van der Waals surface area contributed by atoms with Crippen molar-refractivity contribution in [1.29, 1.82) is 0 Å². The van der Waals surface area contributed by atoms with Gasteiger partial charge in [-0.3, -0.25) is 9.59 Å². The number of aryl methyl sites for hydroxylation is 2. The molecule has 31 heavy (non-hydrogen) atoms. The van der Waals surface area contributed by atoms with Crippen molar-refractivity contribution in [3.63, 3.8) is 0 Å². The summed E-state index contributed by atoms with van der Waals surface area (Å²) < 4.78 is 5.45. The number of ether oxygens (including phenoxy) is 1. The van der Waals surface area contributed by atoms with Gasteiger partial charge >= 0.3 is 0 Å². The van der Waals surface area contributed by atoms with Gasteiger partial charge in [-0.15, -0.1) is 0 Å². The average Bonchev–Trinajstić information content (AvgIpc) is 3.15. The Labute approximate surface area is 179 Å². The van der Waals surface area contributed by atoms with Gasteiger partial charge in [0, 0.05) is 29.6 Å². The maximum atomic E-state index is 13.2. The predicted octanol–water partition coefficient (Wildman–Crippen LogP) is 3.59. The molecule has 1 amide bonds. The molecule has 2 aromatic heterocycles. The van der Waals surface area contributed by atoms with Crippen molar-refractivity contribution in [1.82, 2.24) is 20.3 Å². The van der Waals surface area contributed by atoms with Crippen molar-refractivity contribution in [2.45, 2.75) is 26.3 Å². The Hall–Kier alpha value is -3.87. The molecule has 0 saturated carbocycles. The normalized spacial score (nSPS) is 12.0. The number of rotatable bonds is 6. The van der Waals surface area contributed by atoms with Gasteiger partial charge in [-0.05, 0) is 37.1 Å². The maximum Gasteiger partial charge on any atom is 0.255 e. The molecule has 2 heterocycles. The van der Waals surface area contributed by atoms with Crippen molar-refractivity contribution in [2.24, 2.45) is 0 Å². The van der Waals surface area contributed by atoms with E-state index in [4.69, 9.17) is 4.74 Å². The smallest absolute Gasteiger partial charge is 0.255 e. The van der Waals surface area contributed by atoms with Crippen LogP contribution in [0.2, 0.25) is 0 Å². The molecule has 7 heteroatoms. The van der Waals surface area contributed by atoms with Crippen LogP contribution in [0.4, 0.5) is 0 Å². The third-order valence-electron chi connectivity index (χ3n) is 5.30. The van der Waals surface area contributed by atoms with Crippen molar-refractivity contribution in [3.8, 4) is 5.75 Å². The molecule has 0 fully saturated rings. The van der Waals surface area contributed by atoms with E-state index in [0.717, 1.165) is 22.0 Å². The number of fused-ring (bicyclic) bond motifs is 1. The molecule has 0 radical (unpaired) electrons. The van der Waals surface area contributed by atoms with Crippen molar-refractivity contribution in [2.75, 3.05) is 7.11 Å². The number of hydrogen-bond acceptors (Lipinski definition) is 4. The van der Waals surface area contributed by atoms with Crippen molar-refractivity contribution < 1.29 is 9.53 Å². The van der Waals surface area contributed by atoms with E-state index in [1.54, 1.807) is 20.1 Å². The van der Waals surface area contributed by atoms with Gasteiger partial charge in [0.05, 0.1) is 24.4 Å². The van der Waals surface area contributed by atoms with E-state index in [9.17, 15) is 9.59 Å². The highest BCUT2D eigenvalue weighted by Gasteiger charge is 2.22. The molecule has 0 saturated heterocycles. The van der Waals surface area contributed by atoms with Crippen molar-refractivity contribution in [3.05, 3.63) is 93.3 Å². The third-order valence-corrected chi connectivity index (χ3v) is 5.30. The SMILES string of the molecule is COc1c(C)cccc1C(=O)NC(Cc1c[nH]c2ccccc12)c1cc(=O)[nH]c(C)n1. The molecule has 0 aliphatic carbocycles. The van der Waals surface area contributed by atoms with E-state index in [1.807, 2.05) is 49.5 Å². The first-order valence-corrected chi connectivity index (χ1v) is 10.0. The zero-order valence-electron chi connectivity index (χ0n) is 17.7. The van der Waals surface area contributed by atoms with Crippen LogP contribution in [0.5, 0.6) is 5.75 Å². The number of benzene rings is 2. The lowest BCUT2D eigenvalue weighted by molar-refractivity contribution is 0.0932. The molecule has 158 valence electrons. The Morgan fingerprint density at radius 1 is 1.16 bits per heavy atom. The molecule has 1 atom stereocenters. The molecule has 2 aromatic carbocycles. The Bertz CT molecular complexity index is 1310. The Morgan fingerprint density at radius 2 is 1.97 bits per heavy atom. The Morgan fingerprint density at radius 3 is 2.74 bits per heavy atom. The molecule has 0 spiro atoms. The second-order valence-electron chi connectivity index (χ2n) is 7.50. The van der Waals surface area contributed by atoms with E-state index >= 15 is 0 Å². The third kappa shape index (κ3) is 4.21. The number of carbonyl (C=O) groups is 1.